The molecule has 1 aliphatic carbocycles. The minimum absolute atomic E-state index is 0.173. The molecule has 144 valence electrons. The van der Waals surface area contributed by atoms with Gasteiger partial charge in [-0.1, -0.05) is 0 Å². The number of pyridine rings is 1. The van der Waals surface area contributed by atoms with E-state index in [1.165, 1.54) is 6.42 Å². The van der Waals surface area contributed by atoms with Crippen LogP contribution in [0.2, 0.25) is 0 Å². The summed E-state index contributed by atoms with van der Waals surface area (Å²) in [4.78, 5) is 18.3. The summed E-state index contributed by atoms with van der Waals surface area (Å²) >= 11 is 3.39. The lowest BCUT2D eigenvalue weighted by Crippen LogP contribution is -2.42. The number of carbonyl (C=O) groups is 1. The summed E-state index contributed by atoms with van der Waals surface area (Å²) in [5.74, 6) is 2.14. The van der Waals surface area contributed by atoms with E-state index in [-0.39, 0.29) is 6.09 Å². The summed E-state index contributed by atoms with van der Waals surface area (Å²) in [6.45, 7) is 8.75. The number of ether oxygens (including phenoxy) is 2. The average Bonchev–Trinajstić information content (AvgIpc) is 3.35. The number of aromatic nitrogens is 1. The maximum atomic E-state index is 12.1. The van der Waals surface area contributed by atoms with E-state index in [9.17, 15) is 4.79 Å². The topological polar surface area (TPSA) is 51.7 Å². The van der Waals surface area contributed by atoms with E-state index in [1.54, 1.807) is 6.20 Å². The van der Waals surface area contributed by atoms with Crippen molar-refractivity contribution in [2.75, 3.05) is 19.7 Å². The van der Waals surface area contributed by atoms with Crippen LogP contribution in [0.1, 0.15) is 45.7 Å². The number of likely N-dealkylation sites (tertiary alicyclic amines) is 1. The van der Waals surface area contributed by atoms with E-state index in [1.807, 2.05) is 37.8 Å². The van der Waals surface area contributed by atoms with E-state index in [0.29, 0.717) is 18.4 Å². The monoisotopic (exact) mass is 424 g/mol. The molecule has 2 aliphatic rings. The Bertz CT molecular complexity index is 606. The fourth-order valence-corrected chi connectivity index (χ4v) is 3.92. The Labute approximate surface area is 164 Å². The molecular formula is C20H29BrN2O3. The van der Waals surface area contributed by atoms with Crippen LogP contribution in [0.5, 0.6) is 0 Å². The summed E-state index contributed by atoms with van der Waals surface area (Å²) in [5.41, 5.74) is 0.548. The molecule has 1 saturated heterocycles. The molecule has 1 aliphatic heterocycles. The number of halogens is 1. The number of rotatable bonds is 5. The van der Waals surface area contributed by atoms with Crippen LogP contribution in [0.3, 0.4) is 0 Å². The fourth-order valence-electron chi connectivity index (χ4n) is 3.68. The van der Waals surface area contributed by atoms with E-state index < -0.39 is 5.60 Å². The van der Waals surface area contributed by atoms with Gasteiger partial charge in [0.05, 0.1) is 18.9 Å². The molecule has 26 heavy (non-hydrogen) atoms. The van der Waals surface area contributed by atoms with Crippen molar-refractivity contribution < 1.29 is 14.3 Å². The minimum atomic E-state index is -0.420. The lowest BCUT2D eigenvalue weighted by Gasteiger charge is -2.33. The van der Waals surface area contributed by atoms with E-state index in [4.69, 9.17) is 9.47 Å². The van der Waals surface area contributed by atoms with Gasteiger partial charge < -0.3 is 14.4 Å². The van der Waals surface area contributed by atoms with Crippen molar-refractivity contribution in [1.29, 1.82) is 0 Å². The SMILES string of the molecule is CC(C)(C)OC(=O)N1CCC([C@H]2C[C@H]2COCc2ccc(Br)cn2)CC1. The molecule has 1 amide bonds. The van der Waals surface area contributed by atoms with Gasteiger partial charge in [-0.3, -0.25) is 4.98 Å². The first kappa shape index (κ1) is 19.6. The summed E-state index contributed by atoms with van der Waals surface area (Å²) < 4.78 is 12.3. The zero-order valence-electron chi connectivity index (χ0n) is 15.9. The highest BCUT2D eigenvalue weighted by molar-refractivity contribution is 9.10. The van der Waals surface area contributed by atoms with Gasteiger partial charge in [0.1, 0.15) is 5.60 Å². The molecule has 0 bridgehead atoms. The first-order valence-electron chi connectivity index (χ1n) is 9.48. The molecule has 0 radical (unpaired) electrons. The lowest BCUT2D eigenvalue weighted by molar-refractivity contribution is 0.0170. The van der Waals surface area contributed by atoms with Crippen molar-refractivity contribution in [1.82, 2.24) is 9.88 Å². The highest BCUT2D eigenvalue weighted by atomic mass is 79.9. The molecule has 1 aromatic rings. The van der Waals surface area contributed by atoms with Crippen LogP contribution in [-0.2, 0) is 16.1 Å². The molecule has 1 aromatic heterocycles. The summed E-state index contributed by atoms with van der Waals surface area (Å²) in [6.07, 6.45) is 5.04. The summed E-state index contributed by atoms with van der Waals surface area (Å²) in [5, 5.41) is 0. The Kier molecular flexibility index (Phi) is 6.23. The number of nitrogens with zero attached hydrogens (tertiary/aromatic N) is 2. The minimum Gasteiger partial charge on any atom is -0.444 e. The molecule has 2 fully saturated rings. The van der Waals surface area contributed by atoms with Gasteiger partial charge in [-0.25, -0.2) is 4.79 Å². The van der Waals surface area contributed by atoms with E-state index >= 15 is 0 Å². The molecule has 0 N–H and O–H groups in total. The maximum absolute atomic E-state index is 12.1. The smallest absolute Gasteiger partial charge is 0.410 e. The molecule has 0 spiro atoms. The number of amides is 1. The summed E-state index contributed by atoms with van der Waals surface area (Å²) in [6, 6.07) is 3.98. The molecule has 1 saturated carbocycles. The van der Waals surface area contributed by atoms with Crippen molar-refractivity contribution in [2.45, 2.75) is 52.2 Å². The molecule has 0 aromatic carbocycles. The largest absolute Gasteiger partial charge is 0.444 e. The van der Waals surface area contributed by atoms with Crippen molar-refractivity contribution in [2.24, 2.45) is 17.8 Å². The highest BCUT2D eigenvalue weighted by Gasteiger charge is 2.44. The molecule has 2 atom stereocenters. The quantitative estimate of drug-likeness (QED) is 0.690. The van der Waals surface area contributed by atoms with Crippen LogP contribution >= 0.6 is 15.9 Å². The normalized spacial score (nSPS) is 23.8. The van der Waals surface area contributed by atoms with Crippen LogP contribution in [0, 0.1) is 17.8 Å². The fraction of sp³-hybridized carbons (Fsp3) is 0.700. The van der Waals surface area contributed by atoms with Crippen molar-refractivity contribution in [3.8, 4) is 0 Å². The first-order chi connectivity index (χ1) is 12.3. The lowest BCUT2D eigenvalue weighted by atomic mass is 9.91. The Hall–Kier alpha value is -1.14. The second-order valence-corrected chi connectivity index (χ2v) is 9.36. The third kappa shape index (κ3) is 5.68. The number of piperidine rings is 1. The predicted octanol–water partition coefficient (Wildman–Crippen LogP) is 4.64. The summed E-state index contributed by atoms with van der Waals surface area (Å²) in [7, 11) is 0. The number of hydrogen-bond acceptors (Lipinski definition) is 4. The van der Waals surface area contributed by atoms with Gasteiger partial charge in [0.25, 0.3) is 0 Å². The second kappa shape index (κ2) is 8.26. The Morgan fingerprint density at radius 2 is 2.04 bits per heavy atom. The molecular weight excluding hydrogens is 396 g/mol. The Morgan fingerprint density at radius 1 is 1.31 bits per heavy atom. The van der Waals surface area contributed by atoms with Crippen LogP contribution in [0.4, 0.5) is 4.79 Å². The third-order valence-electron chi connectivity index (χ3n) is 5.14. The van der Waals surface area contributed by atoms with Gasteiger partial charge in [-0.15, -0.1) is 0 Å². The van der Waals surface area contributed by atoms with Gasteiger partial charge in [-0.05, 0) is 85.9 Å². The van der Waals surface area contributed by atoms with Crippen LogP contribution < -0.4 is 0 Å². The standard InChI is InChI=1S/C20H29BrN2O3/c1-20(2,3)26-19(24)23-8-6-14(7-9-23)18-10-15(18)12-25-13-17-5-4-16(21)11-22-17/h4-5,11,14-15,18H,6-10,12-13H2,1-3H3/t15-,18+/m0/s1. The Balaban J connectivity index is 1.34. The van der Waals surface area contributed by atoms with Crippen molar-refractivity contribution in [3.05, 3.63) is 28.5 Å². The van der Waals surface area contributed by atoms with Gasteiger partial charge in [0.2, 0.25) is 0 Å². The van der Waals surface area contributed by atoms with Crippen LogP contribution in [0.25, 0.3) is 0 Å². The molecule has 2 heterocycles. The van der Waals surface area contributed by atoms with Gasteiger partial charge >= 0.3 is 6.09 Å². The number of carbonyl (C=O) groups excluding carboxylic acids is 1. The molecule has 0 unspecified atom stereocenters. The van der Waals surface area contributed by atoms with Crippen molar-refractivity contribution >= 4 is 22.0 Å². The van der Waals surface area contributed by atoms with Crippen molar-refractivity contribution in [3.63, 3.8) is 0 Å². The van der Waals surface area contributed by atoms with Gasteiger partial charge in [-0.2, -0.15) is 0 Å². The van der Waals surface area contributed by atoms with E-state index in [0.717, 1.165) is 48.6 Å². The predicted molar refractivity (Wildman–Crippen MR) is 104 cm³/mol. The van der Waals surface area contributed by atoms with Crippen LogP contribution in [0.15, 0.2) is 22.8 Å². The first-order valence-corrected chi connectivity index (χ1v) is 10.3. The zero-order valence-corrected chi connectivity index (χ0v) is 17.5. The molecule has 6 heteroatoms. The van der Waals surface area contributed by atoms with Gasteiger partial charge in [0.15, 0.2) is 0 Å². The van der Waals surface area contributed by atoms with E-state index in [2.05, 4.69) is 20.9 Å². The van der Waals surface area contributed by atoms with Gasteiger partial charge in [0, 0.05) is 23.8 Å². The maximum Gasteiger partial charge on any atom is 0.410 e. The molecule has 3 rings (SSSR count). The highest BCUT2D eigenvalue weighted by Crippen LogP contribution is 2.48. The molecule has 5 nitrogen and oxygen atoms in total. The average molecular weight is 425 g/mol. The zero-order chi connectivity index (χ0) is 18.7. The number of hydrogen-bond donors (Lipinski definition) is 0. The van der Waals surface area contributed by atoms with Crippen LogP contribution in [-0.4, -0.2) is 41.3 Å². The Morgan fingerprint density at radius 3 is 2.65 bits per heavy atom. The second-order valence-electron chi connectivity index (χ2n) is 8.45. The third-order valence-corrected chi connectivity index (χ3v) is 5.61.